The van der Waals surface area contributed by atoms with Gasteiger partial charge in [-0.1, -0.05) is 0 Å². The van der Waals surface area contributed by atoms with E-state index < -0.39 is 0 Å². The van der Waals surface area contributed by atoms with Gasteiger partial charge in [-0.25, -0.2) is 0 Å². The molecule has 0 N–H and O–H groups in total. The van der Waals surface area contributed by atoms with Gasteiger partial charge in [-0.15, -0.1) is 0 Å². The molecule has 2 rings (SSSR count). The van der Waals surface area contributed by atoms with Crippen molar-refractivity contribution in [3.8, 4) is 0 Å². The fraction of sp³-hybridized carbons (Fsp3) is 0.143. The Morgan fingerprint density at radius 3 is 1.31 bits per heavy atom. The van der Waals surface area contributed by atoms with E-state index in [2.05, 4.69) is 0 Å². The Hall–Kier alpha value is -0.660. The Bertz CT molecular complexity index is 230. The number of carbonyl (C=O) groups is 2. The summed E-state index contributed by atoms with van der Waals surface area (Å²) in [5.41, 5.74) is 0. The summed E-state index contributed by atoms with van der Waals surface area (Å²) in [5, 5.41) is 0. The largest absolute Gasteiger partial charge is 0.299 e. The van der Waals surface area contributed by atoms with Crippen LogP contribution in [-0.4, -0.2) is 11.6 Å². The van der Waals surface area contributed by atoms with Crippen molar-refractivity contribution in [3.05, 3.63) is 63.2 Å². The second kappa shape index (κ2) is 5.60. The lowest BCUT2D eigenvalue weighted by Crippen LogP contribution is -2.15. The van der Waals surface area contributed by atoms with Gasteiger partial charge in [0.2, 0.25) is 0 Å². The number of hydrogen-bond donors (Lipinski definition) is 0. The molecule has 2 aliphatic carbocycles. The standard InChI is InChI=1S/C14H12O2/c15-13(11-5-1-2-6-11)9-10-14(16)12-7-3-4-8-12/h1-8H,9-10H2. The average molecular weight is 212 g/mol. The van der Waals surface area contributed by atoms with Crippen LogP contribution in [0.15, 0.2) is 0 Å². The number of rotatable bonds is 5. The van der Waals surface area contributed by atoms with Crippen LogP contribution in [0.5, 0.6) is 0 Å². The van der Waals surface area contributed by atoms with E-state index in [1.54, 1.807) is 25.7 Å². The summed E-state index contributed by atoms with van der Waals surface area (Å²) in [6, 6.07) is 0. The van der Waals surface area contributed by atoms with Gasteiger partial charge in [-0.05, 0) is 51.4 Å². The SMILES string of the molecule is O=C(CCC(=O)[C]1[CH][CH][CH][CH]1)[C]1[CH][CH][CH][CH]1. The molecule has 16 heavy (non-hydrogen) atoms. The van der Waals surface area contributed by atoms with Crippen LogP contribution in [0.2, 0.25) is 0 Å². The highest BCUT2D eigenvalue weighted by atomic mass is 16.1. The average Bonchev–Trinajstić information content (AvgIpc) is 2.95. The van der Waals surface area contributed by atoms with Gasteiger partial charge in [0.15, 0.2) is 0 Å². The minimum Gasteiger partial charge on any atom is -0.299 e. The Morgan fingerprint density at radius 2 is 1.00 bits per heavy atom. The molecule has 0 aromatic carbocycles. The zero-order valence-corrected chi connectivity index (χ0v) is 8.85. The molecule has 2 nitrogen and oxygen atoms in total. The molecular weight excluding hydrogens is 200 g/mol. The van der Waals surface area contributed by atoms with E-state index in [1.807, 2.05) is 25.7 Å². The lowest BCUT2D eigenvalue weighted by Gasteiger charge is -2.08. The molecule has 0 aliphatic heterocycles. The van der Waals surface area contributed by atoms with Gasteiger partial charge in [0.1, 0.15) is 11.6 Å². The van der Waals surface area contributed by atoms with E-state index in [1.165, 1.54) is 0 Å². The van der Waals surface area contributed by atoms with E-state index in [0.717, 1.165) is 0 Å². The maximum atomic E-state index is 11.6. The fourth-order valence-electron chi connectivity index (χ4n) is 1.64. The Morgan fingerprint density at radius 1 is 0.688 bits per heavy atom. The highest BCUT2D eigenvalue weighted by molar-refractivity contribution is 6.03. The fourth-order valence-corrected chi connectivity index (χ4v) is 1.64. The third kappa shape index (κ3) is 2.93. The first-order chi connectivity index (χ1) is 7.77. The molecule has 80 valence electrons. The summed E-state index contributed by atoms with van der Waals surface area (Å²) in [4.78, 5) is 23.3. The monoisotopic (exact) mass is 212 g/mol. The van der Waals surface area contributed by atoms with Crippen molar-refractivity contribution in [2.75, 3.05) is 0 Å². The Balaban J connectivity index is 1.69. The molecule has 2 fully saturated rings. The van der Waals surface area contributed by atoms with Gasteiger partial charge >= 0.3 is 0 Å². The molecular formula is C14H12O2. The molecule has 0 bridgehead atoms. The quantitative estimate of drug-likeness (QED) is 0.695. The maximum absolute atomic E-state index is 11.6. The van der Waals surface area contributed by atoms with Crippen LogP contribution in [0.4, 0.5) is 0 Å². The lowest BCUT2D eigenvalue weighted by molar-refractivity contribution is -0.121. The predicted octanol–water partition coefficient (Wildman–Crippen LogP) is 1.72. The summed E-state index contributed by atoms with van der Waals surface area (Å²) in [7, 11) is 0. The van der Waals surface area contributed by atoms with E-state index in [4.69, 9.17) is 0 Å². The molecule has 0 saturated heterocycles. The first kappa shape index (κ1) is 11.8. The van der Waals surface area contributed by atoms with Crippen molar-refractivity contribution in [1.82, 2.24) is 0 Å². The van der Waals surface area contributed by atoms with E-state index in [9.17, 15) is 9.59 Å². The summed E-state index contributed by atoms with van der Waals surface area (Å²) in [5.74, 6) is 1.44. The van der Waals surface area contributed by atoms with Crippen LogP contribution < -0.4 is 0 Å². The van der Waals surface area contributed by atoms with Crippen molar-refractivity contribution >= 4 is 11.6 Å². The van der Waals surface area contributed by atoms with Crippen LogP contribution in [0, 0.1) is 63.2 Å². The van der Waals surface area contributed by atoms with Crippen LogP contribution in [0.25, 0.3) is 0 Å². The highest BCUT2D eigenvalue weighted by Gasteiger charge is 2.27. The van der Waals surface area contributed by atoms with Crippen molar-refractivity contribution in [2.24, 2.45) is 0 Å². The second-order valence-corrected chi connectivity index (χ2v) is 3.69. The third-order valence-corrected chi connectivity index (χ3v) is 2.55. The molecule has 2 aliphatic rings. The van der Waals surface area contributed by atoms with Crippen LogP contribution in [0.1, 0.15) is 12.8 Å². The maximum Gasteiger partial charge on any atom is 0.141 e. The summed E-state index contributed by atoms with van der Waals surface area (Å²) in [6.45, 7) is 0. The smallest absolute Gasteiger partial charge is 0.141 e. The molecule has 0 atom stereocenters. The normalized spacial score (nSPS) is 22.8. The summed E-state index contributed by atoms with van der Waals surface area (Å²) in [6.07, 6.45) is 15.0. The van der Waals surface area contributed by atoms with Crippen molar-refractivity contribution < 1.29 is 9.59 Å². The van der Waals surface area contributed by atoms with Gasteiger partial charge in [0.25, 0.3) is 0 Å². The molecule has 0 aromatic heterocycles. The van der Waals surface area contributed by atoms with E-state index in [0.29, 0.717) is 11.8 Å². The number of hydrogen-bond acceptors (Lipinski definition) is 2. The van der Waals surface area contributed by atoms with Crippen LogP contribution in [-0.2, 0) is 9.59 Å². The molecule has 0 heterocycles. The lowest BCUT2D eigenvalue weighted by atomic mass is 9.93. The van der Waals surface area contributed by atoms with E-state index >= 15 is 0 Å². The molecule has 2 heteroatoms. The number of ketones is 2. The van der Waals surface area contributed by atoms with Crippen molar-refractivity contribution in [3.63, 3.8) is 0 Å². The highest BCUT2D eigenvalue weighted by Crippen LogP contribution is 2.28. The zero-order valence-electron chi connectivity index (χ0n) is 8.85. The predicted molar refractivity (Wildman–Crippen MR) is 60.1 cm³/mol. The topological polar surface area (TPSA) is 34.1 Å². The van der Waals surface area contributed by atoms with Crippen LogP contribution >= 0.6 is 0 Å². The summed E-state index contributed by atoms with van der Waals surface area (Å²) < 4.78 is 0. The minimum absolute atomic E-state index is 0.0323. The zero-order chi connectivity index (χ0) is 11.4. The molecule has 0 aromatic rings. The van der Waals surface area contributed by atoms with Gasteiger partial charge in [0, 0.05) is 24.7 Å². The Labute approximate surface area is 97.8 Å². The molecule has 0 spiro atoms. The van der Waals surface area contributed by atoms with Crippen LogP contribution in [0.3, 0.4) is 0 Å². The van der Waals surface area contributed by atoms with Gasteiger partial charge < -0.3 is 0 Å². The first-order valence-electron chi connectivity index (χ1n) is 5.27. The van der Waals surface area contributed by atoms with Crippen molar-refractivity contribution in [1.29, 1.82) is 0 Å². The first-order valence-corrected chi connectivity index (χ1v) is 5.27. The van der Waals surface area contributed by atoms with Gasteiger partial charge in [-0.3, -0.25) is 9.59 Å². The molecule has 2 saturated carbocycles. The van der Waals surface area contributed by atoms with Gasteiger partial charge in [-0.2, -0.15) is 0 Å². The molecule has 0 unspecified atom stereocenters. The van der Waals surface area contributed by atoms with Crippen molar-refractivity contribution in [2.45, 2.75) is 12.8 Å². The summed E-state index contributed by atoms with van der Waals surface area (Å²) >= 11 is 0. The number of Topliss-reactive ketones (excluding diaryl/α,β-unsaturated/α-hetero) is 2. The van der Waals surface area contributed by atoms with E-state index in [-0.39, 0.29) is 24.4 Å². The third-order valence-electron chi connectivity index (χ3n) is 2.55. The van der Waals surface area contributed by atoms with Gasteiger partial charge in [0.05, 0.1) is 0 Å². The number of carbonyl (C=O) groups excluding carboxylic acids is 2. The second-order valence-electron chi connectivity index (χ2n) is 3.69. The molecule has 0 amide bonds. The molecule has 10 radical (unpaired) electrons. The minimum atomic E-state index is 0.0323. The Kier molecular flexibility index (Phi) is 4.14.